The molecule has 0 amide bonds. The van der Waals surface area contributed by atoms with Crippen LogP contribution in [0.15, 0.2) is 30.9 Å². The van der Waals surface area contributed by atoms with Gasteiger partial charge in [0.25, 0.3) is 10.1 Å². The van der Waals surface area contributed by atoms with Crippen LogP contribution < -0.4 is 0 Å². The highest BCUT2D eigenvalue weighted by Crippen LogP contribution is 2.36. The van der Waals surface area contributed by atoms with Gasteiger partial charge in [0.1, 0.15) is 29.9 Å². The van der Waals surface area contributed by atoms with Crippen LogP contribution in [0.25, 0.3) is 0 Å². The molecule has 0 saturated carbocycles. The third kappa shape index (κ3) is 4.59. The van der Waals surface area contributed by atoms with Crippen molar-refractivity contribution >= 4 is 10.1 Å². The van der Waals surface area contributed by atoms with Gasteiger partial charge in [0.15, 0.2) is 0 Å². The Morgan fingerprint density at radius 2 is 2.04 bits per heavy atom. The first-order valence-corrected chi connectivity index (χ1v) is 9.23. The molecule has 0 fully saturated rings. The first-order chi connectivity index (χ1) is 11.5. The molecule has 0 radical (unpaired) electrons. The Labute approximate surface area is 144 Å². The highest BCUT2D eigenvalue weighted by Gasteiger charge is 2.42. The van der Waals surface area contributed by atoms with Gasteiger partial charge < -0.3 is 5.11 Å². The van der Waals surface area contributed by atoms with Crippen molar-refractivity contribution < 1.29 is 26.5 Å². The lowest BCUT2D eigenvalue weighted by molar-refractivity contribution is -0.0727. The fourth-order valence-electron chi connectivity index (χ4n) is 2.62. The highest BCUT2D eigenvalue weighted by molar-refractivity contribution is 7.86. The summed E-state index contributed by atoms with van der Waals surface area (Å²) in [4.78, 5) is 3.76. The third-order valence-corrected chi connectivity index (χ3v) is 4.70. The molecule has 25 heavy (non-hydrogen) atoms. The maximum absolute atomic E-state index is 14.3. The summed E-state index contributed by atoms with van der Waals surface area (Å²) >= 11 is 0. The van der Waals surface area contributed by atoms with E-state index in [1.807, 2.05) is 0 Å². The van der Waals surface area contributed by atoms with Gasteiger partial charge >= 0.3 is 0 Å². The molecule has 0 bridgehead atoms. The standard InChI is InChI=1S/C15H19F2N3O4S/c1-10(11(2)24-25(3,22)23)15(21,7-20-9-18-8-19-20)13-5-4-12(16)6-14(13)17/h4-6,8-11,21H,7H2,1-3H3/t10-,11-,15+/m0/s1. The zero-order valence-corrected chi connectivity index (χ0v) is 14.7. The summed E-state index contributed by atoms with van der Waals surface area (Å²) in [6.45, 7) is 2.73. The minimum atomic E-state index is -3.79. The Bertz CT molecular complexity index is 829. The number of hydrogen-bond acceptors (Lipinski definition) is 6. The minimum absolute atomic E-state index is 0.194. The normalized spacial score (nSPS) is 17.0. The van der Waals surface area contributed by atoms with Gasteiger partial charge in [-0.25, -0.2) is 18.4 Å². The van der Waals surface area contributed by atoms with Crippen LogP contribution in [-0.4, -0.2) is 40.6 Å². The molecule has 10 heteroatoms. The summed E-state index contributed by atoms with van der Waals surface area (Å²) in [7, 11) is -3.79. The topological polar surface area (TPSA) is 94.3 Å². The van der Waals surface area contributed by atoms with E-state index in [2.05, 4.69) is 10.1 Å². The minimum Gasteiger partial charge on any atom is -0.383 e. The molecule has 2 rings (SSSR count). The van der Waals surface area contributed by atoms with E-state index >= 15 is 0 Å². The first kappa shape index (κ1) is 19.4. The molecule has 7 nitrogen and oxygen atoms in total. The number of aromatic nitrogens is 3. The molecular formula is C15H19F2N3O4S. The Kier molecular flexibility index (Phi) is 5.55. The molecule has 0 aliphatic carbocycles. The van der Waals surface area contributed by atoms with Crippen LogP contribution in [0.5, 0.6) is 0 Å². The number of benzene rings is 1. The molecule has 0 aliphatic heterocycles. The first-order valence-electron chi connectivity index (χ1n) is 7.41. The van der Waals surface area contributed by atoms with Gasteiger partial charge in [-0.15, -0.1) is 0 Å². The second-order valence-electron chi connectivity index (χ2n) is 5.94. The van der Waals surface area contributed by atoms with Crippen LogP contribution in [-0.2, 0) is 26.4 Å². The van der Waals surface area contributed by atoms with E-state index in [1.54, 1.807) is 0 Å². The van der Waals surface area contributed by atoms with Crippen molar-refractivity contribution in [3.8, 4) is 0 Å². The maximum atomic E-state index is 14.3. The summed E-state index contributed by atoms with van der Waals surface area (Å²) in [5, 5.41) is 15.1. The number of hydrogen-bond donors (Lipinski definition) is 1. The van der Waals surface area contributed by atoms with Gasteiger partial charge in [0, 0.05) is 17.5 Å². The van der Waals surface area contributed by atoms with E-state index in [4.69, 9.17) is 4.18 Å². The molecule has 3 atom stereocenters. The molecule has 1 N–H and O–H groups in total. The van der Waals surface area contributed by atoms with Crippen molar-refractivity contribution in [3.63, 3.8) is 0 Å². The molecule has 1 aromatic heterocycles. The fraction of sp³-hybridized carbons (Fsp3) is 0.467. The Hall–Kier alpha value is -1.91. The molecule has 138 valence electrons. The number of rotatable bonds is 7. The lowest BCUT2D eigenvalue weighted by Crippen LogP contribution is -2.45. The average molecular weight is 375 g/mol. The second kappa shape index (κ2) is 7.14. The summed E-state index contributed by atoms with van der Waals surface area (Å²) in [6, 6.07) is 2.78. The second-order valence-corrected chi connectivity index (χ2v) is 7.54. The molecule has 1 aromatic carbocycles. The predicted molar refractivity (Wildman–Crippen MR) is 84.8 cm³/mol. The Morgan fingerprint density at radius 1 is 1.36 bits per heavy atom. The molecule has 2 aromatic rings. The van der Waals surface area contributed by atoms with Crippen LogP contribution in [0.3, 0.4) is 0 Å². The van der Waals surface area contributed by atoms with Crippen molar-refractivity contribution in [1.82, 2.24) is 14.8 Å². The summed E-state index contributed by atoms with van der Waals surface area (Å²) in [5.74, 6) is -2.63. The zero-order chi connectivity index (χ0) is 18.8. The van der Waals surface area contributed by atoms with Gasteiger partial charge in [0.2, 0.25) is 0 Å². The molecule has 0 saturated heterocycles. The predicted octanol–water partition coefficient (Wildman–Crippen LogP) is 1.44. The van der Waals surface area contributed by atoms with Crippen LogP contribution in [0, 0.1) is 17.6 Å². The van der Waals surface area contributed by atoms with E-state index in [0.717, 1.165) is 18.4 Å². The monoisotopic (exact) mass is 375 g/mol. The fourth-order valence-corrected chi connectivity index (χ4v) is 3.34. The smallest absolute Gasteiger partial charge is 0.264 e. The Balaban J connectivity index is 2.47. The van der Waals surface area contributed by atoms with Gasteiger partial charge in [-0.3, -0.25) is 4.18 Å². The lowest BCUT2D eigenvalue weighted by Gasteiger charge is -2.37. The van der Waals surface area contributed by atoms with Crippen molar-refractivity contribution in [2.75, 3.05) is 6.26 Å². The summed E-state index contributed by atoms with van der Waals surface area (Å²) < 4.78 is 56.5. The van der Waals surface area contributed by atoms with Crippen LogP contribution in [0.1, 0.15) is 19.4 Å². The maximum Gasteiger partial charge on any atom is 0.264 e. The zero-order valence-electron chi connectivity index (χ0n) is 13.9. The van der Waals surface area contributed by atoms with Crippen LogP contribution in [0.4, 0.5) is 8.78 Å². The Morgan fingerprint density at radius 3 is 2.56 bits per heavy atom. The molecule has 0 unspecified atom stereocenters. The van der Waals surface area contributed by atoms with Crippen molar-refractivity contribution in [2.45, 2.75) is 32.1 Å². The van der Waals surface area contributed by atoms with Gasteiger partial charge in [-0.1, -0.05) is 13.0 Å². The van der Waals surface area contributed by atoms with Gasteiger partial charge in [-0.2, -0.15) is 13.5 Å². The van der Waals surface area contributed by atoms with E-state index in [1.165, 1.54) is 31.2 Å². The number of halogens is 2. The largest absolute Gasteiger partial charge is 0.383 e. The average Bonchev–Trinajstić information content (AvgIpc) is 2.97. The van der Waals surface area contributed by atoms with Crippen molar-refractivity contribution in [3.05, 3.63) is 48.1 Å². The van der Waals surface area contributed by atoms with E-state index < -0.39 is 39.4 Å². The van der Waals surface area contributed by atoms with Crippen LogP contribution in [0.2, 0.25) is 0 Å². The molecule has 0 aliphatic rings. The summed E-state index contributed by atoms with van der Waals surface area (Å²) in [5.41, 5.74) is -2.11. The number of aliphatic hydroxyl groups is 1. The van der Waals surface area contributed by atoms with Crippen LogP contribution >= 0.6 is 0 Å². The summed E-state index contributed by atoms with van der Waals surface area (Å²) in [6.07, 6.45) is 2.46. The van der Waals surface area contributed by atoms with E-state index in [-0.39, 0.29) is 12.1 Å². The molecular weight excluding hydrogens is 356 g/mol. The van der Waals surface area contributed by atoms with Gasteiger partial charge in [0.05, 0.1) is 18.9 Å². The van der Waals surface area contributed by atoms with Crippen molar-refractivity contribution in [1.29, 1.82) is 0 Å². The van der Waals surface area contributed by atoms with E-state index in [0.29, 0.717) is 6.07 Å². The molecule has 0 spiro atoms. The quantitative estimate of drug-likeness (QED) is 0.736. The van der Waals surface area contributed by atoms with E-state index in [9.17, 15) is 22.3 Å². The number of nitrogens with zero attached hydrogens (tertiary/aromatic N) is 3. The lowest BCUT2D eigenvalue weighted by atomic mass is 9.79. The van der Waals surface area contributed by atoms with Crippen molar-refractivity contribution in [2.24, 2.45) is 5.92 Å². The third-order valence-electron chi connectivity index (χ3n) is 4.05. The SMILES string of the molecule is C[C@H](OS(C)(=O)=O)[C@H](C)[C@](O)(Cn1cncn1)c1ccc(F)cc1F. The van der Waals surface area contributed by atoms with Gasteiger partial charge in [-0.05, 0) is 13.0 Å². The highest BCUT2D eigenvalue weighted by atomic mass is 32.2. The molecule has 1 heterocycles.